The van der Waals surface area contributed by atoms with E-state index in [4.69, 9.17) is 13.7 Å². The highest BCUT2D eigenvalue weighted by molar-refractivity contribution is 6.03. The van der Waals surface area contributed by atoms with Crippen molar-refractivity contribution < 1.29 is 18.5 Å². The van der Waals surface area contributed by atoms with Crippen LogP contribution in [0, 0.1) is 0 Å². The van der Waals surface area contributed by atoms with Crippen molar-refractivity contribution in [2.24, 2.45) is 0 Å². The van der Waals surface area contributed by atoms with Gasteiger partial charge in [0, 0.05) is 29.7 Å². The SMILES string of the molecule is O=C(Nc1cccc(COCc2ccco2)c1)c1cc(-c2cccnc2)on1. The molecule has 0 unspecified atom stereocenters. The molecule has 0 radical (unpaired) electrons. The van der Waals surface area contributed by atoms with Crippen molar-refractivity contribution in [2.75, 3.05) is 5.32 Å². The summed E-state index contributed by atoms with van der Waals surface area (Å²) in [7, 11) is 0. The highest BCUT2D eigenvalue weighted by atomic mass is 16.5. The summed E-state index contributed by atoms with van der Waals surface area (Å²) in [6.07, 6.45) is 4.92. The minimum atomic E-state index is -0.354. The van der Waals surface area contributed by atoms with E-state index >= 15 is 0 Å². The number of aromatic nitrogens is 2. The van der Waals surface area contributed by atoms with E-state index < -0.39 is 0 Å². The number of hydrogen-bond donors (Lipinski definition) is 1. The van der Waals surface area contributed by atoms with E-state index in [2.05, 4.69) is 15.5 Å². The lowest BCUT2D eigenvalue weighted by atomic mass is 10.2. The van der Waals surface area contributed by atoms with Crippen LogP contribution in [0.1, 0.15) is 21.8 Å². The number of hydrogen-bond acceptors (Lipinski definition) is 6. The summed E-state index contributed by atoms with van der Waals surface area (Å²) in [4.78, 5) is 16.5. The molecule has 7 nitrogen and oxygen atoms in total. The molecular weight excluding hydrogens is 358 g/mol. The Labute approximate surface area is 161 Å². The molecule has 3 heterocycles. The molecule has 4 aromatic rings. The molecule has 0 aliphatic carbocycles. The predicted molar refractivity (Wildman–Crippen MR) is 101 cm³/mol. The predicted octanol–water partition coefficient (Wildman–Crippen LogP) is 4.30. The monoisotopic (exact) mass is 375 g/mol. The first kappa shape index (κ1) is 17.7. The third-order valence-corrected chi connectivity index (χ3v) is 3.97. The fraction of sp³-hybridized carbons (Fsp3) is 0.0952. The second-order valence-corrected chi connectivity index (χ2v) is 6.04. The molecule has 0 spiro atoms. The maximum Gasteiger partial charge on any atom is 0.277 e. The van der Waals surface area contributed by atoms with E-state index in [0.717, 1.165) is 16.9 Å². The number of furan rings is 1. The Kier molecular flexibility index (Phi) is 5.26. The fourth-order valence-corrected chi connectivity index (χ4v) is 2.62. The largest absolute Gasteiger partial charge is 0.467 e. The van der Waals surface area contributed by atoms with E-state index in [1.54, 1.807) is 36.9 Å². The molecule has 0 aliphatic rings. The summed E-state index contributed by atoms with van der Waals surface area (Å²) < 4.78 is 16.1. The second-order valence-electron chi connectivity index (χ2n) is 6.04. The van der Waals surface area contributed by atoms with Crippen molar-refractivity contribution >= 4 is 11.6 Å². The van der Waals surface area contributed by atoms with Crippen LogP contribution < -0.4 is 5.32 Å². The van der Waals surface area contributed by atoms with E-state index in [0.29, 0.717) is 24.7 Å². The number of anilines is 1. The number of nitrogens with zero attached hydrogens (tertiary/aromatic N) is 2. The van der Waals surface area contributed by atoms with Gasteiger partial charge >= 0.3 is 0 Å². The standard InChI is InChI=1S/C21H17N3O4/c25-21(19-11-20(28-24-19)16-5-2-8-22-12-16)23-17-6-1-4-15(10-17)13-26-14-18-7-3-9-27-18/h1-12H,13-14H2,(H,23,25). The fourth-order valence-electron chi connectivity index (χ4n) is 2.62. The normalized spacial score (nSPS) is 10.7. The van der Waals surface area contributed by atoms with Crippen molar-refractivity contribution in [3.05, 3.63) is 90.3 Å². The number of amides is 1. The Balaban J connectivity index is 1.37. The first-order chi connectivity index (χ1) is 13.8. The number of ether oxygens (including phenoxy) is 1. The zero-order valence-corrected chi connectivity index (χ0v) is 14.9. The average Bonchev–Trinajstić information content (AvgIpc) is 3.41. The van der Waals surface area contributed by atoms with Crippen LogP contribution in [0.5, 0.6) is 0 Å². The van der Waals surface area contributed by atoms with Gasteiger partial charge in [-0.3, -0.25) is 9.78 Å². The zero-order valence-electron chi connectivity index (χ0n) is 14.9. The average molecular weight is 375 g/mol. The number of carbonyl (C=O) groups excluding carboxylic acids is 1. The molecule has 28 heavy (non-hydrogen) atoms. The highest BCUT2D eigenvalue weighted by Gasteiger charge is 2.14. The lowest BCUT2D eigenvalue weighted by Gasteiger charge is -2.06. The van der Waals surface area contributed by atoms with Crippen LogP contribution in [0.15, 0.2) is 82.2 Å². The van der Waals surface area contributed by atoms with Gasteiger partial charge in [-0.1, -0.05) is 17.3 Å². The van der Waals surface area contributed by atoms with Gasteiger partial charge in [0.15, 0.2) is 11.5 Å². The smallest absolute Gasteiger partial charge is 0.277 e. The molecule has 0 fully saturated rings. The Hall–Kier alpha value is -3.71. The van der Waals surface area contributed by atoms with Crippen molar-refractivity contribution in [1.29, 1.82) is 0 Å². The highest BCUT2D eigenvalue weighted by Crippen LogP contribution is 2.20. The van der Waals surface area contributed by atoms with Gasteiger partial charge in [-0.25, -0.2) is 0 Å². The summed E-state index contributed by atoms with van der Waals surface area (Å²) in [6, 6.07) is 16.3. The van der Waals surface area contributed by atoms with Gasteiger partial charge in [0.25, 0.3) is 5.91 Å². The molecule has 0 saturated carbocycles. The molecule has 1 aromatic carbocycles. The van der Waals surface area contributed by atoms with E-state index in [-0.39, 0.29) is 11.6 Å². The molecule has 1 amide bonds. The second kappa shape index (κ2) is 8.32. The number of carbonyl (C=O) groups is 1. The van der Waals surface area contributed by atoms with Crippen LogP contribution >= 0.6 is 0 Å². The molecule has 0 aliphatic heterocycles. The third-order valence-electron chi connectivity index (χ3n) is 3.97. The van der Waals surface area contributed by atoms with Gasteiger partial charge in [-0.15, -0.1) is 0 Å². The van der Waals surface area contributed by atoms with Crippen molar-refractivity contribution in [2.45, 2.75) is 13.2 Å². The van der Waals surface area contributed by atoms with Crippen LogP contribution in [-0.4, -0.2) is 16.0 Å². The van der Waals surface area contributed by atoms with Crippen molar-refractivity contribution in [3.8, 4) is 11.3 Å². The molecule has 0 saturated heterocycles. The molecule has 0 atom stereocenters. The quantitative estimate of drug-likeness (QED) is 0.518. The summed E-state index contributed by atoms with van der Waals surface area (Å²) in [5, 5.41) is 6.66. The number of pyridine rings is 1. The van der Waals surface area contributed by atoms with Gasteiger partial charge < -0.3 is 19.0 Å². The molecule has 7 heteroatoms. The number of rotatable bonds is 7. The molecule has 4 rings (SSSR count). The number of benzene rings is 1. The molecule has 140 valence electrons. The van der Waals surface area contributed by atoms with Crippen LogP contribution in [0.2, 0.25) is 0 Å². The summed E-state index contributed by atoms with van der Waals surface area (Å²) in [6.45, 7) is 0.791. The summed E-state index contributed by atoms with van der Waals surface area (Å²) >= 11 is 0. The maximum absolute atomic E-state index is 12.4. The van der Waals surface area contributed by atoms with Crippen molar-refractivity contribution in [1.82, 2.24) is 10.1 Å². The molecule has 3 aromatic heterocycles. The van der Waals surface area contributed by atoms with Crippen molar-refractivity contribution in [3.63, 3.8) is 0 Å². The number of nitrogens with one attached hydrogen (secondary N) is 1. The molecular formula is C21H17N3O4. The van der Waals surface area contributed by atoms with Gasteiger partial charge in [-0.05, 0) is 42.0 Å². The first-order valence-electron chi connectivity index (χ1n) is 8.65. The van der Waals surface area contributed by atoms with E-state index in [1.807, 2.05) is 36.4 Å². The topological polar surface area (TPSA) is 90.4 Å². The van der Waals surface area contributed by atoms with Gasteiger partial charge in [-0.2, -0.15) is 0 Å². The van der Waals surface area contributed by atoms with Crippen LogP contribution in [0.25, 0.3) is 11.3 Å². The lowest BCUT2D eigenvalue weighted by Crippen LogP contribution is -2.12. The summed E-state index contributed by atoms with van der Waals surface area (Å²) in [5.74, 6) is 0.894. The van der Waals surface area contributed by atoms with Gasteiger partial charge in [0.1, 0.15) is 12.4 Å². The Morgan fingerprint density at radius 2 is 2.04 bits per heavy atom. The zero-order chi connectivity index (χ0) is 19.2. The van der Waals surface area contributed by atoms with Gasteiger partial charge in [0.2, 0.25) is 0 Å². The minimum absolute atomic E-state index is 0.193. The van der Waals surface area contributed by atoms with Gasteiger partial charge in [0.05, 0.1) is 12.9 Å². The Bertz CT molecular complexity index is 1040. The molecule has 0 bridgehead atoms. The van der Waals surface area contributed by atoms with Crippen LogP contribution in [0.3, 0.4) is 0 Å². The molecule has 1 N–H and O–H groups in total. The third kappa shape index (κ3) is 4.33. The maximum atomic E-state index is 12.4. The van der Waals surface area contributed by atoms with E-state index in [1.165, 1.54) is 0 Å². The Morgan fingerprint density at radius 1 is 1.07 bits per heavy atom. The lowest BCUT2D eigenvalue weighted by molar-refractivity contribution is 0.0929. The first-order valence-corrected chi connectivity index (χ1v) is 8.65. The van der Waals surface area contributed by atoms with Crippen LogP contribution in [-0.2, 0) is 18.0 Å². The minimum Gasteiger partial charge on any atom is -0.467 e. The Morgan fingerprint density at radius 3 is 2.86 bits per heavy atom. The summed E-state index contributed by atoms with van der Waals surface area (Å²) in [5.41, 5.74) is 2.53. The van der Waals surface area contributed by atoms with E-state index in [9.17, 15) is 4.79 Å². The van der Waals surface area contributed by atoms with Crippen LogP contribution in [0.4, 0.5) is 5.69 Å².